The van der Waals surface area contributed by atoms with Crippen molar-refractivity contribution in [3.8, 4) is 0 Å². The third kappa shape index (κ3) is 2.57. The van der Waals surface area contributed by atoms with Gasteiger partial charge in [-0.1, -0.05) is 0 Å². The van der Waals surface area contributed by atoms with Crippen LogP contribution >= 0.6 is 11.3 Å². The Morgan fingerprint density at radius 1 is 1.44 bits per heavy atom. The van der Waals surface area contributed by atoms with Crippen molar-refractivity contribution in [1.29, 1.82) is 0 Å². The largest absolute Gasteiger partial charge is 0.465 e. The number of aliphatic hydroxyl groups is 2. The van der Waals surface area contributed by atoms with Crippen LogP contribution in [-0.2, 0) is 9.53 Å². The molecule has 2 unspecified atom stereocenters. The van der Waals surface area contributed by atoms with E-state index in [1.165, 1.54) is 19.2 Å². The predicted octanol–water partition coefficient (Wildman–Crippen LogP) is -0.586. The molecule has 16 heavy (non-hydrogen) atoms. The average molecular weight is 245 g/mol. The van der Waals surface area contributed by atoms with E-state index in [2.05, 4.69) is 4.74 Å². The number of hydrogen-bond donors (Lipinski definition) is 3. The summed E-state index contributed by atoms with van der Waals surface area (Å²) < 4.78 is 4.47. The van der Waals surface area contributed by atoms with Crippen LogP contribution in [0.4, 0.5) is 0 Å². The van der Waals surface area contributed by atoms with Crippen LogP contribution in [0.25, 0.3) is 0 Å². The number of esters is 1. The monoisotopic (exact) mass is 245 g/mol. The van der Waals surface area contributed by atoms with E-state index in [0.717, 1.165) is 11.3 Å². The number of amides is 1. The SMILES string of the molecule is COC(=O)c1ccc(C(O)C(O)C(N)=O)s1. The highest BCUT2D eigenvalue weighted by Crippen LogP contribution is 2.26. The molecule has 1 amide bonds. The lowest BCUT2D eigenvalue weighted by Crippen LogP contribution is -2.33. The Bertz CT molecular complexity index is 402. The fourth-order valence-electron chi connectivity index (χ4n) is 1.03. The van der Waals surface area contributed by atoms with E-state index in [9.17, 15) is 19.8 Å². The van der Waals surface area contributed by atoms with E-state index in [0.29, 0.717) is 0 Å². The molecule has 0 fully saturated rings. The third-order valence-corrected chi connectivity index (χ3v) is 3.03. The molecule has 0 aliphatic carbocycles. The number of carbonyl (C=O) groups is 2. The summed E-state index contributed by atoms with van der Waals surface area (Å²) in [6, 6.07) is 2.86. The third-order valence-electron chi connectivity index (χ3n) is 1.90. The Hall–Kier alpha value is -1.44. The number of carbonyl (C=O) groups excluding carboxylic acids is 2. The maximum Gasteiger partial charge on any atom is 0.348 e. The van der Waals surface area contributed by atoms with Crippen LogP contribution in [0.5, 0.6) is 0 Å². The van der Waals surface area contributed by atoms with Gasteiger partial charge in [-0.2, -0.15) is 0 Å². The van der Waals surface area contributed by atoms with E-state index in [1.807, 2.05) is 0 Å². The number of methoxy groups -OCH3 is 1. The van der Waals surface area contributed by atoms with Gasteiger partial charge >= 0.3 is 5.97 Å². The van der Waals surface area contributed by atoms with Gasteiger partial charge in [-0.3, -0.25) is 4.79 Å². The molecule has 1 heterocycles. The van der Waals surface area contributed by atoms with Gasteiger partial charge in [0.15, 0.2) is 6.10 Å². The van der Waals surface area contributed by atoms with E-state index >= 15 is 0 Å². The summed E-state index contributed by atoms with van der Waals surface area (Å²) in [5.41, 5.74) is 4.83. The molecule has 0 aliphatic heterocycles. The number of ether oxygens (including phenoxy) is 1. The Labute approximate surface area is 95.3 Å². The van der Waals surface area contributed by atoms with Crippen molar-refractivity contribution in [3.63, 3.8) is 0 Å². The normalized spacial score (nSPS) is 14.2. The van der Waals surface area contributed by atoms with Crippen molar-refractivity contribution in [2.24, 2.45) is 5.73 Å². The quantitative estimate of drug-likeness (QED) is 0.614. The van der Waals surface area contributed by atoms with Gasteiger partial charge in [0.05, 0.1) is 7.11 Å². The molecule has 0 aliphatic rings. The molecule has 2 atom stereocenters. The summed E-state index contributed by atoms with van der Waals surface area (Å²) in [5.74, 6) is -1.57. The Morgan fingerprint density at radius 3 is 2.56 bits per heavy atom. The van der Waals surface area contributed by atoms with E-state index in [4.69, 9.17) is 5.73 Å². The van der Waals surface area contributed by atoms with Gasteiger partial charge in [-0.05, 0) is 12.1 Å². The maximum absolute atomic E-state index is 11.1. The van der Waals surface area contributed by atoms with Crippen molar-refractivity contribution in [2.45, 2.75) is 12.2 Å². The fraction of sp³-hybridized carbons (Fsp3) is 0.333. The smallest absolute Gasteiger partial charge is 0.348 e. The molecule has 0 aromatic carbocycles. The Kier molecular flexibility index (Phi) is 3.99. The van der Waals surface area contributed by atoms with Gasteiger partial charge in [-0.25, -0.2) is 4.79 Å². The highest BCUT2D eigenvalue weighted by Gasteiger charge is 2.25. The summed E-state index contributed by atoms with van der Waals surface area (Å²) in [7, 11) is 1.23. The van der Waals surface area contributed by atoms with Gasteiger partial charge in [-0.15, -0.1) is 11.3 Å². The first-order valence-corrected chi connectivity index (χ1v) is 5.12. The lowest BCUT2D eigenvalue weighted by molar-refractivity contribution is -0.131. The second-order valence-electron chi connectivity index (χ2n) is 2.99. The predicted molar refractivity (Wildman–Crippen MR) is 55.8 cm³/mol. The van der Waals surface area contributed by atoms with Crippen LogP contribution in [0.15, 0.2) is 12.1 Å². The standard InChI is InChI=1S/C9H11NO5S/c1-15-9(14)5-3-2-4(16-5)6(11)7(12)8(10)13/h2-3,6-7,11-12H,1H3,(H2,10,13). The number of rotatable bonds is 4. The molecule has 4 N–H and O–H groups in total. The van der Waals surface area contributed by atoms with Crippen molar-refractivity contribution in [3.05, 3.63) is 21.9 Å². The van der Waals surface area contributed by atoms with Crippen molar-refractivity contribution in [1.82, 2.24) is 0 Å². The van der Waals surface area contributed by atoms with Crippen molar-refractivity contribution >= 4 is 23.2 Å². The van der Waals surface area contributed by atoms with Crippen LogP contribution in [0, 0.1) is 0 Å². The minimum atomic E-state index is -1.69. The Morgan fingerprint density at radius 2 is 2.06 bits per heavy atom. The highest BCUT2D eigenvalue weighted by atomic mass is 32.1. The van der Waals surface area contributed by atoms with Crippen LogP contribution in [0.3, 0.4) is 0 Å². The molecule has 7 heteroatoms. The van der Waals surface area contributed by atoms with Gasteiger partial charge in [0.25, 0.3) is 0 Å². The molecule has 1 aromatic heterocycles. The first kappa shape index (κ1) is 12.6. The van der Waals surface area contributed by atoms with Gasteiger partial charge in [0, 0.05) is 4.88 Å². The molecule has 6 nitrogen and oxygen atoms in total. The number of hydrogen-bond acceptors (Lipinski definition) is 6. The number of primary amides is 1. The molecule has 0 saturated carbocycles. The maximum atomic E-state index is 11.1. The second-order valence-corrected chi connectivity index (χ2v) is 4.10. The number of thiophene rings is 1. The highest BCUT2D eigenvalue weighted by molar-refractivity contribution is 7.14. The molecule has 0 bridgehead atoms. The summed E-state index contributed by atoms with van der Waals surface area (Å²) in [4.78, 5) is 22.3. The Balaban J connectivity index is 2.85. The first-order valence-electron chi connectivity index (χ1n) is 4.31. The molecule has 0 radical (unpaired) electrons. The molecule has 1 aromatic rings. The van der Waals surface area contributed by atoms with Gasteiger partial charge in [0.2, 0.25) is 5.91 Å². The summed E-state index contributed by atoms with van der Waals surface area (Å²) >= 11 is 0.927. The topological polar surface area (TPSA) is 110 Å². The zero-order chi connectivity index (χ0) is 12.3. The first-order chi connectivity index (χ1) is 7.47. The van der Waals surface area contributed by atoms with E-state index in [-0.39, 0.29) is 9.75 Å². The average Bonchev–Trinajstić information content (AvgIpc) is 2.75. The summed E-state index contributed by atoms with van der Waals surface area (Å²) in [6.07, 6.45) is -3.12. The minimum absolute atomic E-state index is 0.270. The molecule has 1 rings (SSSR count). The van der Waals surface area contributed by atoms with Gasteiger partial charge < -0.3 is 20.7 Å². The van der Waals surface area contributed by atoms with Crippen molar-refractivity contribution < 1.29 is 24.5 Å². The molecular formula is C9H11NO5S. The molecular weight excluding hydrogens is 234 g/mol. The van der Waals surface area contributed by atoms with Crippen LogP contribution in [0.1, 0.15) is 20.7 Å². The summed E-state index contributed by atoms with van der Waals surface area (Å²) in [6.45, 7) is 0. The fourth-order valence-corrected chi connectivity index (χ4v) is 1.98. The lowest BCUT2D eigenvalue weighted by Gasteiger charge is -2.12. The number of aliphatic hydroxyl groups excluding tert-OH is 2. The van der Waals surface area contributed by atoms with Gasteiger partial charge in [0.1, 0.15) is 11.0 Å². The molecule has 0 saturated heterocycles. The minimum Gasteiger partial charge on any atom is -0.465 e. The van der Waals surface area contributed by atoms with Crippen LogP contribution in [0.2, 0.25) is 0 Å². The van der Waals surface area contributed by atoms with E-state index in [1.54, 1.807) is 0 Å². The number of nitrogens with two attached hydrogens (primary N) is 1. The molecule has 88 valence electrons. The van der Waals surface area contributed by atoms with E-state index < -0.39 is 24.1 Å². The zero-order valence-corrected chi connectivity index (χ0v) is 9.23. The molecule has 0 spiro atoms. The zero-order valence-electron chi connectivity index (χ0n) is 8.41. The van der Waals surface area contributed by atoms with Crippen LogP contribution < -0.4 is 5.73 Å². The summed E-state index contributed by atoms with van der Waals surface area (Å²) in [5, 5.41) is 18.8. The second kappa shape index (κ2) is 5.06. The van der Waals surface area contributed by atoms with Crippen LogP contribution in [-0.4, -0.2) is 35.3 Å². The van der Waals surface area contributed by atoms with Crippen molar-refractivity contribution in [2.75, 3.05) is 7.11 Å². The lowest BCUT2D eigenvalue weighted by atomic mass is 10.1.